The van der Waals surface area contributed by atoms with Crippen molar-refractivity contribution in [3.63, 3.8) is 0 Å². The average molecular weight is 230 g/mol. The number of fused-ring (bicyclic) bond motifs is 1. The molecule has 2 aromatic rings. The minimum atomic E-state index is 0.144. The number of aromatic amines is 1. The van der Waals surface area contributed by atoms with Gasteiger partial charge in [0.1, 0.15) is 0 Å². The minimum Gasteiger partial charge on any atom is -0.358 e. The van der Waals surface area contributed by atoms with Crippen molar-refractivity contribution in [1.82, 2.24) is 10.3 Å². The predicted octanol–water partition coefficient (Wildman–Crippen LogP) is 3.28. The van der Waals surface area contributed by atoms with Gasteiger partial charge in [-0.3, -0.25) is 0 Å². The van der Waals surface area contributed by atoms with E-state index in [4.69, 9.17) is 0 Å². The quantitative estimate of drug-likeness (QED) is 0.832. The van der Waals surface area contributed by atoms with E-state index >= 15 is 0 Å². The van der Waals surface area contributed by atoms with Crippen LogP contribution in [-0.4, -0.2) is 18.6 Å². The van der Waals surface area contributed by atoms with Crippen molar-refractivity contribution in [3.05, 3.63) is 35.0 Å². The lowest BCUT2D eigenvalue weighted by Crippen LogP contribution is -2.31. The molecule has 0 radical (unpaired) electrons. The van der Waals surface area contributed by atoms with Crippen LogP contribution in [0.2, 0.25) is 0 Å². The maximum Gasteiger partial charge on any atom is 0.0459 e. The molecule has 0 unspecified atom stereocenters. The number of benzene rings is 1. The third-order valence-corrected chi connectivity index (χ3v) is 3.44. The van der Waals surface area contributed by atoms with Crippen molar-refractivity contribution in [1.29, 1.82) is 0 Å². The molecule has 0 spiro atoms. The molecule has 0 fully saturated rings. The van der Waals surface area contributed by atoms with E-state index in [1.807, 2.05) is 7.05 Å². The zero-order valence-electron chi connectivity index (χ0n) is 11.4. The highest BCUT2D eigenvalue weighted by molar-refractivity contribution is 5.86. The molecule has 2 rings (SSSR count). The molecule has 17 heavy (non-hydrogen) atoms. The zero-order valence-corrected chi connectivity index (χ0v) is 11.4. The molecule has 2 nitrogen and oxygen atoms in total. The fourth-order valence-electron chi connectivity index (χ4n) is 2.84. The Hall–Kier alpha value is -1.28. The number of nitrogens with one attached hydrogen (secondary N) is 2. The number of hydrogen-bond donors (Lipinski definition) is 2. The van der Waals surface area contributed by atoms with E-state index in [1.165, 1.54) is 27.7 Å². The van der Waals surface area contributed by atoms with Gasteiger partial charge in [-0.15, -0.1) is 0 Å². The first kappa shape index (κ1) is 12.2. The summed E-state index contributed by atoms with van der Waals surface area (Å²) in [6.45, 7) is 9.89. The van der Waals surface area contributed by atoms with Gasteiger partial charge in [-0.25, -0.2) is 0 Å². The van der Waals surface area contributed by atoms with Crippen LogP contribution in [0.5, 0.6) is 0 Å². The van der Waals surface area contributed by atoms with Gasteiger partial charge in [0.2, 0.25) is 0 Å². The lowest BCUT2D eigenvalue weighted by atomic mass is 9.82. The van der Waals surface area contributed by atoms with E-state index < -0.39 is 0 Å². The highest BCUT2D eigenvalue weighted by atomic mass is 14.8. The molecule has 1 aromatic heterocycles. The second-order valence-corrected chi connectivity index (χ2v) is 5.59. The van der Waals surface area contributed by atoms with Gasteiger partial charge < -0.3 is 10.3 Å². The first-order chi connectivity index (χ1) is 7.95. The van der Waals surface area contributed by atoms with Crippen molar-refractivity contribution >= 4 is 10.9 Å². The largest absolute Gasteiger partial charge is 0.358 e. The van der Waals surface area contributed by atoms with Gasteiger partial charge in [-0.05, 0) is 38.6 Å². The lowest BCUT2D eigenvalue weighted by molar-refractivity contribution is 0.495. The van der Waals surface area contributed by atoms with Crippen molar-refractivity contribution in [3.8, 4) is 0 Å². The number of aromatic nitrogens is 1. The van der Waals surface area contributed by atoms with E-state index in [-0.39, 0.29) is 5.41 Å². The van der Waals surface area contributed by atoms with Gasteiger partial charge in [-0.1, -0.05) is 25.5 Å². The Balaban J connectivity index is 2.67. The van der Waals surface area contributed by atoms with Gasteiger partial charge in [0.15, 0.2) is 0 Å². The van der Waals surface area contributed by atoms with Crippen LogP contribution in [0.4, 0.5) is 0 Å². The first-order valence-corrected chi connectivity index (χ1v) is 6.20. The van der Waals surface area contributed by atoms with Crippen molar-refractivity contribution < 1.29 is 0 Å². The lowest BCUT2D eigenvalue weighted by Gasteiger charge is -2.25. The molecule has 0 aliphatic heterocycles. The highest BCUT2D eigenvalue weighted by Gasteiger charge is 2.25. The maximum atomic E-state index is 3.49. The van der Waals surface area contributed by atoms with Gasteiger partial charge in [0, 0.05) is 28.6 Å². The molecule has 0 saturated heterocycles. The normalized spacial score (nSPS) is 12.3. The standard InChI is InChI=1S/C15H22N2/c1-10-6-7-13-12(8-10)14(11(2)17-13)15(3,4)9-16-5/h6-8,16-17H,9H2,1-5H3. The molecule has 0 aliphatic rings. The fourth-order valence-corrected chi connectivity index (χ4v) is 2.84. The Morgan fingerprint density at radius 1 is 1.24 bits per heavy atom. The van der Waals surface area contributed by atoms with Gasteiger partial charge in [0.05, 0.1) is 0 Å². The summed E-state index contributed by atoms with van der Waals surface area (Å²) in [6.07, 6.45) is 0. The molecule has 1 heterocycles. The van der Waals surface area contributed by atoms with Crippen LogP contribution in [-0.2, 0) is 5.41 Å². The second kappa shape index (κ2) is 4.19. The number of hydrogen-bond acceptors (Lipinski definition) is 1. The molecular formula is C15H22N2. The van der Waals surface area contributed by atoms with E-state index in [0.717, 1.165) is 6.54 Å². The number of H-pyrrole nitrogens is 1. The molecule has 0 amide bonds. The third-order valence-electron chi connectivity index (χ3n) is 3.44. The Morgan fingerprint density at radius 3 is 2.59 bits per heavy atom. The van der Waals surface area contributed by atoms with Crippen molar-refractivity contribution in [2.45, 2.75) is 33.1 Å². The third kappa shape index (κ3) is 2.09. The fraction of sp³-hybridized carbons (Fsp3) is 0.467. The number of rotatable bonds is 3. The monoisotopic (exact) mass is 230 g/mol. The Morgan fingerprint density at radius 2 is 1.94 bits per heavy atom. The molecular weight excluding hydrogens is 208 g/mol. The summed E-state index contributed by atoms with van der Waals surface area (Å²) in [6, 6.07) is 6.62. The minimum absolute atomic E-state index is 0.144. The van der Waals surface area contributed by atoms with E-state index in [0.29, 0.717) is 0 Å². The highest BCUT2D eigenvalue weighted by Crippen LogP contribution is 2.33. The summed E-state index contributed by atoms with van der Waals surface area (Å²) < 4.78 is 0. The van der Waals surface area contributed by atoms with Crippen molar-refractivity contribution in [2.24, 2.45) is 0 Å². The predicted molar refractivity (Wildman–Crippen MR) is 74.7 cm³/mol. The first-order valence-electron chi connectivity index (χ1n) is 6.20. The SMILES string of the molecule is CNCC(C)(C)c1c(C)[nH]c2ccc(C)cc12. The molecule has 92 valence electrons. The van der Waals surface area contributed by atoms with Crippen LogP contribution in [0.1, 0.15) is 30.7 Å². The molecule has 0 atom stereocenters. The van der Waals surface area contributed by atoms with Crippen LogP contribution < -0.4 is 5.32 Å². The van der Waals surface area contributed by atoms with Gasteiger partial charge in [0.25, 0.3) is 0 Å². The summed E-state index contributed by atoms with van der Waals surface area (Å²) in [7, 11) is 2.01. The zero-order chi connectivity index (χ0) is 12.6. The molecule has 2 N–H and O–H groups in total. The Labute approximate surface area is 103 Å². The van der Waals surface area contributed by atoms with Crippen LogP contribution in [0, 0.1) is 13.8 Å². The van der Waals surface area contributed by atoms with E-state index in [9.17, 15) is 0 Å². The molecule has 0 saturated carbocycles. The van der Waals surface area contributed by atoms with Crippen LogP contribution in [0.3, 0.4) is 0 Å². The van der Waals surface area contributed by atoms with Crippen LogP contribution in [0.15, 0.2) is 18.2 Å². The summed E-state index contributed by atoms with van der Waals surface area (Å²) in [5.74, 6) is 0. The smallest absolute Gasteiger partial charge is 0.0459 e. The summed E-state index contributed by atoms with van der Waals surface area (Å²) in [4.78, 5) is 3.49. The number of aryl methyl sites for hydroxylation is 2. The average Bonchev–Trinajstić information content (AvgIpc) is 2.53. The summed E-state index contributed by atoms with van der Waals surface area (Å²) in [5, 5.41) is 4.65. The van der Waals surface area contributed by atoms with Crippen LogP contribution >= 0.6 is 0 Å². The maximum absolute atomic E-state index is 3.49. The molecule has 2 heteroatoms. The van der Waals surface area contributed by atoms with Gasteiger partial charge in [-0.2, -0.15) is 0 Å². The summed E-state index contributed by atoms with van der Waals surface area (Å²) >= 11 is 0. The van der Waals surface area contributed by atoms with E-state index in [2.05, 4.69) is 56.2 Å². The van der Waals surface area contributed by atoms with Crippen LogP contribution in [0.25, 0.3) is 10.9 Å². The van der Waals surface area contributed by atoms with Gasteiger partial charge >= 0.3 is 0 Å². The molecule has 1 aromatic carbocycles. The second-order valence-electron chi connectivity index (χ2n) is 5.59. The molecule has 0 aliphatic carbocycles. The Bertz CT molecular complexity index is 535. The van der Waals surface area contributed by atoms with E-state index in [1.54, 1.807) is 0 Å². The number of likely N-dealkylation sites (N-methyl/N-ethyl adjacent to an activating group) is 1. The topological polar surface area (TPSA) is 27.8 Å². The van der Waals surface area contributed by atoms with Crippen molar-refractivity contribution in [2.75, 3.05) is 13.6 Å². The summed E-state index contributed by atoms with van der Waals surface area (Å²) in [5.41, 5.74) is 5.42. The molecule has 0 bridgehead atoms. The Kier molecular flexibility index (Phi) is 3.00.